The number of hydrogen-bond acceptors (Lipinski definition) is 3. The summed E-state index contributed by atoms with van der Waals surface area (Å²) < 4.78 is 6.08. The molecule has 0 unspecified atom stereocenters. The number of Topliss-reactive ketones (excluding diaryl/α,β-unsaturated/α-hetero) is 1. The quantitative estimate of drug-likeness (QED) is 0.697. The van der Waals surface area contributed by atoms with Gasteiger partial charge in [0.05, 0.1) is 5.60 Å². The lowest BCUT2D eigenvalue weighted by Gasteiger charge is -2.58. The van der Waals surface area contributed by atoms with Gasteiger partial charge in [0.1, 0.15) is 11.7 Å². The largest absolute Gasteiger partial charge is 0.390 e. The zero-order valence-electron chi connectivity index (χ0n) is 14.7. The predicted molar refractivity (Wildman–Crippen MR) is 86.8 cm³/mol. The molecule has 1 heterocycles. The van der Waals surface area contributed by atoms with Gasteiger partial charge in [0, 0.05) is 6.42 Å². The minimum absolute atomic E-state index is 0.0651. The number of epoxide rings is 1. The number of ketones is 1. The summed E-state index contributed by atoms with van der Waals surface area (Å²) in [6.45, 7) is 6.81. The average Bonchev–Trinajstić information content (AvgIpc) is 3.15. The summed E-state index contributed by atoms with van der Waals surface area (Å²) in [5.74, 6) is 3.65. The summed E-state index contributed by atoms with van der Waals surface area (Å²) in [6, 6.07) is 0. The molecule has 1 N–H and O–H groups in total. The third kappa shape index (κ3) is 1.62. The predicted octanol–water partition coefficient (Wildman–Crippen LogP) is 3.34. The standard InChI is InChI=1S/C20H30O3/c1-11-10-20-13(4-5-15(21)17(20)23-20)12-6-8-18(2)14(16(11)12)7-9-19(18,3)22/h11-14,16-17,22H,4-10H2,1-3H3/t11-,12+,13-,14+,16-,17+,18+,19+,20-/m1/s1. The topological polar surface area (TPSA) is 49.8 Å². The van der Waals surface area contributed by atoms with Gasteiger partial charge in [0.25, 0.3) is 0 Å². The highest BCUT2D eigenvalue weighted by Crippen LogP contribution is 2.70. The first kappa shape index (κ1) is 14.9. The fraction of sp³-hybridized carbons (Fsp3) is 0.950. The monoisotopic (exact) mass is 318 g/mol. The van der Waals surface area contributed by atoms with E-state index in [1.54, 1.807) is 0 Å². The molecule has 0 aromatic carbocycles. The second-order valence-electron chi connectivity index (χ2n) is 9.86. The van der Waals surface area contributed by atoms with Crippen molar-refractivity contribution >= 4 is 5.78 Å². The van der Waals surface area contributed by atoms with Gasteiger partial charge >= 0.3 is 0 Å². The van der Waals surface area contributed by atoms with E-state index in [0.717, 1.165) is 38.0 Å². The molecule has 1 saturated heterocycles. The van der Waals surface area contributed by atoms with Crippen molar-refractivity contribution in [2.24, 2.45) is 35.0 Å². The molecule has 5 rings (SSSR count). The van der Waals surface area contributed by atoms with E-state index >= 15 is 0 Å². The summed E-state index contributed by atoms with van der Waals surface area (Å²) in [6.07, 6.45) is 7.28. The van der Waals surface area contributed by atoms with Crippen LogP contribution in [0.2, 0.25) is 0 Å². The zero-order valence-corrected chi connectivity index (χ0v) is 14.7. The summed E-state index contributed by atoms with van der Waals surface area (Å²) in [5, 5.41) is 11.0. The van der Waals surface area contributed by atoms with E-state index in [0.29, 0.717) is 29.5 Å². The fourth-order valence-corrected chi connectivity index (χ4v) is 7.76. The van der Waals surface area contributed by atoms with E-state index in [9.17, 15) is 9.90 Å². The Kier molecular flexibility index (Phi) is 2.73. The van der Waals surface area contributed by atoms with E-state index < -0.39 is 5.60 Å². The lowest BCUT2D eigenvalue weighted by atomic mass is 9.47. The molecule has 3 heteroatoms. The van der Waals surface area contributed by atoms with Gasteiger partial charge in [-0.15, -0.1) is 0 Å². The highest BCUT2D eigenvalue weighted by molar-refractivity contribution is 5.88. The van der Waals surface area contributed by atoms with Gasteiger partial charge in [0.15, 0.2) is 5.78 Å². The second kappa shape index (κ2) is 4.22. The van der Waals surface area contributed by atoms with Gasteiger partial charge in [0.2, 0.25) is 0 Å². The van der Waals surface area contributed by atoms with Gasteiger partial charge in [-0.05, 0) is 80.5 Å². The number of carbonyl (C=O) groups excluding carboxylic acids is 1. The van der Waals surface area contributed by atoms with Crippen LogP contribution in [0.4, 0.5) is 0 Å². The minimum atomic E-state index is -0.501. The highest BCUT2D eigenvalue weighted by atomic mass is 16.6. The van der Waals surface area contributed by atoms with Crippen LogP contribution in [0.15, 0.2) is 0 Å². The van der Waals surface area contributed by atoms with Crippen LogP contribution in [0.1, 0.15) is 65.7 Å². The maximum absolute atomic E-state index is 12.1. The summed E-state index contributed by atoms with van der Waals surface area (Å²) in [4.78, 5) is 12.1. The van der Waals surface area contributed by atoms with Gasteiger partial charge in [-0.1, -0.05) is 13.8 Å². The van der Waals surface area contributed by atoms with E-state index in [1.165, 1.54) is 12.8 Å². The number of aliphatic hydroxyl groups is 1. The molecule has 1 aliphatic heterocycles. The minimum Gasteiger partial charge on any atom is -0.390 e. The molecule has 5 fully saturated rings. The molecule has 4 saturated carbocycles. The van der Waals surface area contributed by atoms with Crippen LogP contribution in [0.5, 0.6) is 0 Å². The van der Waals surface area contributed by atoms with E-state index in [-0.39, 0.29) is 17.1 Å². The van der Waals surface area contributed by atoms with Crippen LogP contribution in [0, 0.1) is 35.0 Å². The number of ether oxygens (including phenoxy) is 1. The first-order valence-electron chi connectivity index (χ1n) is 9.73. The summed E-state index contributed by atoms with van der Waals surface area (Å²) in [5.41, 5.74) is -0.495. The van der Waals surface area contributed by atoms with E-state index in [2.05, 4.69) is 20.8 Å². The molecule has 5 aliphatic rings. The Hall–Kier alpha value is -0.410. The second-order valence-corrected chi connectivity index (χ2v) is 9.86. The van der Waals surface area contributed by atoms with Gasteiger partial charge in [-0.3, -0.25) is 4.79 Å². The molecular formula is C20H30O3. The Morgan fingerprint density at radius 1 is 1.13 bits per heavy atom. The maximum Gasteiger partial charge on any atom is 0.164 e. The fourth-order valence-electron chi connectivity index (χ4n) is 7.76. The Bertz CT molecular complexity index is 569. The number of rotatable bonds is 0. The molecule has 128 valence electrons. The molecule has 0 aromatic rings. The zero-order chi connectivity index (χ0) is 16.2. The van der Waals surface area contributed by atoms with Crippen molar-refractivity contribution in [1.82, 2.24) is 0 Å². The highest BCUT2D eigenvalue weighted by Gasteiger charge is 2.73. The molecule has 0 amide bonds. The van der Waals surface area contributed by atoms with E-state index in [4.69, 9.17) is 4.74 Å². The number of hydrogen-bond donors (Lipinski definition) is 1. The Morgan fingerprint density at radius 3 is 2.70 bits per heavy atom. The van der Waals surface area contributed by atoms with Gasteiger partial charge in [-0.2, -0.15) is 0 Å². The molecule has 3 nitrogen and oxygen atoms in total. The molecule has 23 heavy (non-hydrogen) atoms. The van der Waals surface area contributed by atoms with Gasteiger partial charge < -0.3 is 9.84 Å². The number of carbonyl (C=O) groups is 1. The molecule has 0 bridgehead atoms. The molecule has 1 spiro atoms. The Labute approximate surface area is 139 Å². The molecule has 4 aliphatic carbocycles. The van der Waals surface area contributed by atoms with Crippen LogP contribution in [-0.2, 0) is 9.53 Å². The van der Waals surface area contributed by atoms with Gasteiger partial charge in [-0.25, -0.2) is 0 Å². The van der Waals surface area contributed by atoms with Crippen LogP contribution in [-0.4, -0.2) is 28.2 Å². The Balaban J connectivity index is 1.51. The van der Waals surface area contributed by atoms with Crippen LogP contribution < -0.4 is 0 Å². The first-order valence-corrected chi connectivity index (χ1v) is 9.73. The molecule has 0 radical (unpaired) electrons. The molecule has 9 atom stereocenters. The SMILES string of the molecule is C[C@@H]1C[C@]23O[C@H]2C(=O)CC[C@@H]3[C@@H]2CC[C@@]3(C)[C@@H](CC[C@]3(C)O)[C@@H]21. The summed E-state index contributed by atoms with van der Waals surface area (Å²) >= 11 is 0. The van der Waals surface area contributed by atoms with Crippen molar-refractivity contribution in [3.05, 3.63) is 0 Å². The van der Waals surface area contributed by atoms with Crippen LogP contribution in [0.25, 0.3) is 0 Å². The normalized spacial score (nSPS) is 63.7. The lowest BCUT2D eigenvalue weighted by molar-refractivity contribution is -0.138. The van der Waals surface area contributed by atoms with Crippen molar-refractivity contribution < 1.29 is 14.6 Å². The van der Waals surface area contributed by atoms with Crippen LogP contribution >= 0.6 is 0 Å². The van der Waals surface area contributed by atoms with Crippen molar-refractivity contribution in [3.8, 4) is 0 Å². The third-order valence-electron chi connectivity index (χ3n) is 9.11. The van der Waals surface area contributed by atoms with Crippen molar-refractivity contribution in [2.45, 2.75) is 83.0 Å². The van der Waals surface area contributed by atoms with Crippen LogP contribution in [0.3, 0.4) is 0 Å². The third-order valence-corrected chi connectivity index (χ3v) is 9.11. The first-order chi connectivity index (χ1) is 10.8. The lowest BCUT2D eigenvalue weighted by Crippen LogP contribution is -2.57. The average molecular weight is 318 g/mol. The molecular weight excluding hydrogens is 288 g/mol. The Morgan fingerprint density at radius 2 is 1.91 bits per heavy atom. The smallest absolute Gasteiger partial charge is 0.164 e. The van der Waals surface area contributed by atoms with Crippen molar-refractivity contribution in [2.75, 3.05) is 0 Å². The molecule has 0 aromatic heterocycles. The number of fused-ring (bicyclic) bond motifs is 4. The van der Waals surface area contributed by atoms with Crippen molar-refractivity contribution in [1.29, 1.82) is 0 Å². The van der Waals surface area contributed by atoms with E-state index in [1.807, 2.05) is 0 Å². The van der Waals surface area contributed by atoms with Crippen molar-refractivity contribution in [3.63, 3.8) is 0 Å². The summed E-state index contributed by atoms with van der Waals surface area (Å²) in [7, 11) is 0. The maximum atomic E-state index is 12.1.